The molecule has 0 aliphatic rings. The third-order valence-corrected chi connectivity index (χ3v) is 2.59. The van der Waals surface area contributed by atoms with Gasteiger partial charge in [0.05, 0.1) is 5.69 Å². The Bertz CT molecular complexity index is 784. The quantitative estimate of drug-likeness (QED) is 0.755. The summed E-state index contributed by atoms with van der Waals surface area (Å²) in [5.74, 6) is -1.44. The van der Waals surface area contributed by atoms with Crippen LogP contribution in [0.5, 0.6) is 0 Å². The lowest BCUT2D eigenvalue weighted by Crippen LogP contribution is -2.05. The van der Waals surface area contributed by atoms with Crippen molar-refractivity contribution in [3.63, 3.8) is 0 Å². The Labute approximate surface area is 106 Å². The van der Waals surface area contributed by atoms with Crippen molar-refractivity contribution in [3.8, 4) is 11.3 Å². The standard InChI is InChI=1S/C12H7FN4O2/c13-8-3-1-2-7(4-8)10-5-9(11(18)19)16-12-14-6-15-17(10)12/h1-6H,(H,18,19). The topological polar surface area (TPSA) is 80.4 Å². The first-order valence-corrected chi connectivity index (χ1v) is 5.35. The van der Waals surface area contributed by atoms with Crippen LogP contribution in [0.3, 0.4) is 0 Å². The van der Waals surface area contributed by atoms with Crippen LogP contribution in [0.1, 0.15) is 10.5 Å². The van der Waals surface area contributed by atoms with Crippen molar-refractivity contribution in [1.29, 1.82) is 0 Å². The molecule has 7 heteroatoms. The smallest absolute Gasteiger partial charge is 0.354 e. The van der Waals surface area contributed by atoms with Crippen molar-refractivity contribution in [1.82, 2.24) is 19.6 Å². The molecule has 0 radical (unpaired) electrons. The van der Waals surface area contributed by atoms with Gasteiger partial charge in [-0.1, -0.05) is 12.1 Å². The highest BCUT2D eigenvalue weighted by atomic mass is 19.1. The van der Waals surface area contributed by atoms with E-state index in [9.17, 15) is 9.18 Å². The fourth-order valence-corrected chi connectivity index (χ4v) is 1.78. The summed E-state index contributed by atoms with van der Waals surface area (Å²) in [4.78, 5) is 18.7. The Morgan fingerprint density at radius 1 is 1.32 bits per heavy atom. The van der Waals surface area contributed by atoms with Crippen LogP contribution in [0.4, 0.5) is 4.39 Å². The number of carboxylic acids is 1. The number of rotatable bonds is 2. The van der Waals surface area contributed by atoms with E-state index in [1.165, 1.54) is 35.1 Å². The van der Waals surface area contributed by atoms with Crippen molar-refractivity contribution in [2.45, 2.75) is 0 Å². The van der Waals surface area contributed by atoms with Crippen LogP contribution in [0, 0.1) is 5.82 Å². The van der Waals surface area contributed by atoms with Gasteiger partial charge in [0.15, 0.2) is 5.69 Å². The molecule has 3 rings (SSSR count). The van der Waals surface area contributed by atoms with E-state index < -0.39 is 11.8 Å². The average molecular weight is 258 g/mol. The van der Waals surface area contributed by atoms with E-state index in [0.717, 1.165) is 0 Å². The number of aromatic carboxylic acids is 1. The predicted molar refractivity (Wildman–Crippen MR) is 63.1 cm³/mol. The minimum atomic E-state index is -1.18. The van der Waals surface area contributed by atoms with Crippen molar-refractivity contribution in [2.75, 3.05) is 0 Å². The van der Waals surface area contributed by atoms with Gasteiger partial charge in [-0.2, -0.15) is 14.6 Å². The van der Waals surface area contributed by atoms with Crippen LogP contribution < -0.4 is 0 Å². The van der Waals surface area contributed by atoms with Gasteiger partial charge in [-0.3, -0.25) is 0 Å². The fraction of sp³-hybridized carbons (Fsp3) is 0. The molecule has 0 fully saturated rings. The third kappa shape index (κ3) is 1.90. The largest absolute Gasteiger partial charge is 0.477 e. The first kappa shape index (κ1) is 11.3. The number of halogens is 1. The normalized spacial score (nSPS) is 10.8. The second-order valence-electron chi connectivity index (χ2n) is 3.81. The average Bonchev–Trinajstić information content (AvgIpc) is 2.85. The second-order valence-corrected chi connectivity index (χ2v) is 3.81. The lowest BCUT2D eigenvalue weighted by Gasteiger charge is -2.05. The molecule has 0 saturated heterocycles. The zero-order chi connectivity index (χ0) is 13.4. The van der Waals surface area contributed by atoms with E-state index in [4.69, 9.17) is 5.11 Å². The number of carboxylic acid groups (broad SMARTS) is 1. The van der Waals surface area contributed by atoms with E-state index in [-0.39, 0.29) is 11.5 Å². The molecule has 0 aliphatic carbocycles. The molecule has 6 nitrogen and oxygen atoms in total. The van der Waals surface area contributed by atoms with Gasteiger partial charge in [0, 0.05) is 5.56 Å². The molecule has 0 atom stereocenters. The maximum absolute atomic E-state index is 13.3. The molecule has 0 amide bonds. The van der Waals surface area contributed by atoms with Crippen molar-refractivity contribution >= 4 is 11.7 Å². The zero-order valence-corrected chi connectivity index (χ0v) is 9.49. The van der Waals surface area contributed by atoms with Crippen LogP contribution in [0.15, 0.2) is 36.7 Å². The Kier molecular flexibility index (Phi) is 2.45. The molecule has 19 heavy (non-hydrogen) atoms. The molecule has 2 aromatic heterocycles. The molecule has 0 spiro atoms. The van der Waals surface area contributed by atoms with Crippen molar-refractivity contribution in [3.05, 3.63) is 48.2 Å². The Morgan fingerprint density at radius 3 is 2.89 bits per heavy atom. The molecule has 0 saturated carbocycles. The molecule has 3 aromatic rings. The zero-order valence-electron chi connectivity index (χ0n) is 9.49. The number of aromatic nitrogens is 4. The highest BCUT2D eigenvalue weighted by molar-refractivity contribution is 5.87. The molecule has 1 N–H and O–H groups in total. The Balaban J connectivity index is 2.32. The minimum absolute atomic E-state index is 0.152. The maximum atomic E-state index is 13.3. The summed E-state index contributed by atoms with van der Waals surface area (Å²) >= 11 is 0. The summed E-state index contributed by atoms with van der Waals surface area (Å²) < 4.78 is 14.6. The van der Waals surface area contributed by atoms with Gasteiger partial charge in [-0.15, -0.1) is 0 Å². The van der Waals surface area contributed by atoms with E-state index >= 15 is 0 Å². The monoisotopic (exact) mass is 258 g/mol. The summed E-state index contributed by atoms with van der Waals surface area (Å²) in [6, 6.07) is 7.13. The molecular formula is C12H7FN4O2. The summed E-state index contributed by atoms with van der Waals surface area (Å²) in [6.45, 7) is 0. The molecule has 0 bridgehead atoms. The summed E-state index contributed by atoms with van der Waals surface area (Å²) in [5, 5.41) is 13.0. The molecule has 0 aliphatic heterocycles. The van der Waals surface area contributed by atoms with E-state index in [2.05, 4.69) is 15.1 Å². The van der Waals surface area contributed by atoms with Crippen LogP contribution in [-0.2, 0) is 0 Å². The first-order valence-electron chi connectivity index (χ1n) is 5.35. The highest BCUT2D eigenvalue weighted by Crippen LogP contribution is 2.21. The van der Waals surface area contributed by atoms with Crippen molar-refractivity contribution < 1.29 is 14.3 Å². The number of hydrogen-bond donors (Lipinski definition) is 1. The van der Waals surface area contributed by atoms with Crippen LogP contribution in [0.2, 0.25) is 0 Å². The van der Waals surface area contributed by atoms with Gasteiger partial charge in [-0.25, -0.2) is 14.2 Å². The van der Waals surface area contributed by atoms with Gasteiger partial charge in [0.1, 0.15) is 12.1 Å². The highest BCUT2D eigenvalue weighted by Gasteiger charge is 2.13. The summed E-state index contributed by atoms with van der Waals surface area (Å²) in [5.41, 5.74) is 0.750. The number of nitrogens with zero attached hydrogens (tertiary/aromatic N) is 4. The SMILES string of the molecule is O=C(O)c1cc(-c2cccc(F)c2)n2ncnc2n1. The Morgan fingerprint density at radius 2 is 2.16 bits per heavy atom. The fourth-order valence-electron chi connectivity index (χ4n) is 1.78. The van der Waals surface area contributed by atoms with Gasteiger partial charge >= 0.3 is 5.97 Å². The summed E-state index contributed by atoms with van der Waals surface area (Å²) in [6.07, 6.45) is 1.26. The summed E-state index contributed by atoms with van der Waals surface area (Å²) in [7, 11) is 0. The van der Waals surface area contributed by atoms with Crippen molar-refractivity contribution in [2.24, 2.45) is 0 Å². The molecular weight excluding hydrogens is 251 g/mol. The second kappa shape index (κ2) is 4.13. The lowest BCUT2D eigenvalue weighted by atomic mass is 10.1. The maximum Gasteiger partial charge on any atom is 0.354 e. The van der Waals surface area contributed by atoms with E-state index in [0.29, 0.717) is 11.3 Å². The molecule has 0 unspecified atom stereocenters. The molecule has 2 heterocycles. The van der Waals surface area contributed by atoms with Gasteiger partial charge < -0.3 is 5.11 Å². The number of hydrogen-bond acceptors (Lipinski definition) is 4. The third-order valence-electron chi connectivity index (χ3n) is 2.59. The molecule has 94 valence electrons. The lowest BCUT2D eigenvalue weighted by molar-refractivity contribution is 0.0690. The number of fused-ring (bicyclic) bond motifs is 1. The minimum Gasteiger partial charge on any atom is -0.477 e. The Hall–Kier alpha value is -2.83. The molecule has 1 aromatic carbocycles. The van der Waals surface area contributed by atoms with Gasteiger partial charge in [0.25, 0.3) is 5.78 Å². The van der Waals surface area contributed by atoms with Gasteiger partial charge in [0.2, 0.25) is 0 Å². The van der Waals surface area contributed by atoms with E-state index in [1.54, 1.807) is 6.07 Å². The predicted octanol–water partition coefficient (Wildman–Crippen LogP) is 1.63. The first-order chi connectivity index (χ1) is 9.15. The number of benzene rings is 1. The van der Waals surface area contributed by atoms with Crippen LogP contribution in [0.25, 0.3) is 17.0 Å². The van der Waals surface area contributed by atoms with Gasteiger partial charge in [-0.05, 0) is 18.2 Å². The van der Waals surface area contributed by atoms with Crippen LogP contribution >= 0.6 is 0 Å². The number of carbonyl (C=O) groups is 1. The van der Waals surface area contributed by atoms with Crippen LogP contribution in [-0.4, -0.2) is 30.7 Å². The van der Waals surface area contributed by atoms with E-state index in [1.807, 2.05) is 0 Å².